The molecule has 0 spiro atoms. The summed E-state index contributed by atoms with van der Waals surface area (Å²) in [6.45, 7) is 2.07. The van der Waals surface area contributed by atoms with Gasteiger partial charge in [0, 0.05) is 10.5 Å². The highest BCUT2D eigenvalue weighted by Gasteiger charge is 2.00. The first-order valence-electron chi connectivity index (χ1n) is 3.10. The van der Waals surface area contributed by atoms with Gasteiger partial charge in [0.05, 0.1) is 5.02 Å². The normalized spacial score (nSPS) is 9.90. The second-order valence-electron chi connectivity index (χ2n) is 1.97. The maximum Gasteiger partial charge on any atom is 0.0528 e. The Morgan fingerprint density at radius 1 is 1.70 bits per heavy atom. The summed E-state index contributed by atoms with van der Waals surface area (Å²) in [5.74, 6) is 0. The van der Waals surface area contributed by atoms with Crippen LogP contribution in [0.25, 0.3) is 0 Å². The summed E-state index contributed by atoms with van der Waals surface area (Å²) in [7, 11) is 0. The van der Waals surface area contributed by atoms with Crippen LogP contribution in [0, 0.1) is 6.07 Å². The molecular weight excluding hydrogens is 211 g/mol. The molecule has 2 heteroatoms. The topological polar surface area (TPSA) is 0 Å². The lowest BCUT2D eigenvalue weighted by atomic mass is 10.2. The fraction of sp³-hybridized carbons (Fsp3) is 0.250. The van der Waals surface area contributed by atoms with Gasteiger partial charge in [-0.3, -0.25) is 0 Å². The lowest BCUT2D eigenvalue weighted by molar-refractivity contribution is 1.13. The Bertz CT molecular complexity index is 212. The van der Waals surface area contributed by atoms with Gasteiger partial charge in [0.2, 0.25) is 0 Å². The number of hydrogen-bond acceptors (Lipinski definition) is 0. The molecule has 1 rings (SSSR count). The standard InChI is InChI=1S/C8H7BrCl/c1-2-6-7(9)4-3-5-8(6)10/h3-4H,2H2,1H3. The maximum atomic E-state index is 5.84. The van der Waals surface area contributed by atoms with Crippen LogP contribution in [0.15, 0.2) is 16.6 Å². The monoisotopic (exact) mass is 217 g/mol. The molecule has 0 aromatic heterocycles. The molecule has 0 unspecified atom stereocenters. The summed E-state index contributed by atoms with van der Waals surface area (Å²) in [6, 6.07) is 6.69. The molecule has 1 aromatic rings. The minimum Gasteiger partial charge on any atom is -0.0833 e. The van der Waals surface area contributed by atoms with Gasteiger partial charge in [-0.05, 0) is 18.1 Å². The lowest BCUT2D eigenvalue weighted by Crippen LogP contribution is -1.82. The van der Waals surface area contributed by atoms with Crippen molar-refractivity contribution in [3.63, 3.8) is 0 Å². The molecule has 0 saturated carbocycles. The Kier molecular flexibility index (Phi) is 2.75. The molecule has 0 bridgehead atoms. The van der Waals surface area contributed by atoms with Gasteiger partial charge in [0.15, 0.2) is 0 Å². The molecule has 1 aromatic carbocycles. The minimum absolute atomic E-state index is 0.719. The van der Waals surface area contributed by atoms with Crippen molar-refractivity contribution in [2.45, 2.75) is 13.3 Å². The Labute approximate surface area is 74.3 Å². The zero-order valence-corrected chi connectivity index (χ0v) is 7.96. The van der Waals surface area contributed by atoms with Crippen LogP contribution in [0.3, 0.4) is 0 Å². The molecule has 0 aliphatic carbocycles. The highest BCUT2D eigenvalue weighted by atomic mass is 79.9. The lowest BCUT2D eigenvalue weighted by Gasteiger charge is -2.01. The summed E-state index contributed by atoms with van der Waals surface area (Å²) >= 11 is 9.25. The van der Waals surface area contributed by atoms with Crippen molar-refractivity contribution in [1.29, 1.82) is 0 Å². The van der Waals surface area contributed by atoms with E-state index in [9.17, 15) is 0 Å². The van der Waals surface area contributed by atoms with Crippen LogP contribution in [0.4, 0.5) is 0 Å². The third kappa shape index (κ3) is 1.53. The smallest absolute Gasteiger partial charge is 0.0528 e. The molecule has 0 saturated heterocycles. The van der Waals surface area contributed by atoms with Crippen molar-refractivity contribution in [3.05, 3.63) is 33.3 Å². The molecule has 0 N–H and O–H groups in total. The molecule has 0 aliphatic heterocycles. The molecule has 0 atom stereocenters. The molecular formula is C8H7BrCl. The Morgan fingerprint density at radius 3 is 2.80 bits per heavy atom. The van der Waals surface area contributed by atoms with E-state index >= 15 is 0 Å². The van der Waals surface area contributed by atoms with E-state index in [4.69, 9.17) is 11.6 Å². The minimum atomic E-state index is 0.719. The number of hydrogen-bond donors (Lipinski definition) is 0. The zero-order valence-electron chi connectivity index (χ0n) is 5.62. The van der Waals surface area contributed by atoms with Gasteiger partial charge < -0.3 is 0 Å². The predicted molar refractivity (Wildman–Crippen MR) is 47.4 cm³/mol. The van der Waals surface area contributed by atoms with E-state index in [0.29, 0.717) is 0 Å². The van der Waals surface area contributed by atoms with Crippen molar-refractivity contribution in [1.82, 2.24) is 0 Å². The summed E-state index contributed by atoms with van der Waals surface area (Å²) in [6.07, 6.45) is 0.941. The number of rotatable bonds is 1. The number of benzene rings is 1. The van der Waals surface area contributed by atoms with E-state index in [0.717, 1.165) is 21.5 Å². The van der Waals surface area contributed by atoms with Crippen LogP contribution in [0.2, 0.25) is 5.02 Å². The van der Waals surface area contributed by atoms with Crippen LogP contribution >= 0.6 is 27.5 Å². The van der Waals surface area contributed by atoms with Crippen molar-refractivity contribution < 1.29 is 0 Å². The van der Waals surface area contributed by atoms with Crippen molar-refractivity contribution >= 4 is 27.5 Å². The van der Waals surface area contributed by atoms with E-state index in [1.807, 2.05) is 12.1 Å². The van der Waals surface area contributed by atoms with Gasteiger partial charge in [-0.1, -0.05) is 40.5 Å². The molecule has 0 heterocycles. The molecule has 0 amide bonds. The van der Waals surface area contributed by atoms with Crippen molar-refractivity contribution in [3.8, 4) is 0 Å². The summed E-state index contributed by atoms with van der Waals surface area (Å²) in [4.78, 5) is 0. The average Bonchev–Trinajstić information content (AvgIpc) is 1.88. The predicted octanol–water partition coefficient (Wildman–Crippen LogP) is 3.47. The first kappa shape index (κ1) is 8.09. The van der Waals surface area contributed by atoms with Crippen LogP contribution in [0.1, 0.15) is 12.5 Å². The molecule has 0 nitrogen and oxygen atoms in total. The summed E-state index contributed by atoms with van der Waals surface area (Å²) in [5.41, 5.74) is 1.13. The van der Waals surface area contributed by atoms with Gasteiger partial charge in [-0.15, -0.1) is 0 Å². The second-order valence-corrected chi connectivity index (χ2v) is 3.20. The Morgan fingerprint density at radius 2 is 2.40 bits per heavy atom. The first-order valence-corrected chi connectivity index (χ1v) is 4.27. The van der Waals surface area contributed by atoms with Gasteiger partial charge >= 0.3 is 0 Å². The van der Waals surface area contributed by atoms with Gasteiger partial charge in [-0.2, -0.15) is 0 Å². The van der Waals surface area contributed by atoms with Crippen molar-refractivity contribution in [2.24, 2.45) is 0 Å². The summed E-state index contributed by atoms with van der Waals surface area (Å²) < 4.78 is 1.07. The largest absolute Gasteiger partial charge is 0.0833 e. The molecule has 0 aliphatic rings. The molecule has 0 fully saturated rings. The van der Waals surface area contributed by atoms with Gasteiger partial charge in [0.1, 0.15) is 0 Å². The number of halogens is 2. The van der Waals surface area contributed by atoms with E-state index < -0.39 is 0 Å². The summed E-state index contributed by atoms with van der Waals surface area (Å²) in [5, 5.41) is 0.719. The van der Waals surface area contributed by atoms with E-state index in [-0.39, 0.29) is 0 Å². The highest BCUT2D eigenvalue weighted by Crippen LogP contribution is 2.24. The van der Waals surface area contributed by atoms with E-state index in [1.165, 1.54) is 0 Å². The van der Waals surface area contributed by atoms with Gasteiger partial charge in [-0.25, -0.2) is 0 Å². The van der Waals surface area contributed by atoms with Crippen molar-refractivity contribution in [2.75, 3.05) is 0 Å². The third-order valence-corrected chi connectivity index (χ3v) is 2.43. The Balaban J connectivity index is 3.17. The average molecular weight is 219 g/mol. The molecule has 1 radical (unpaired) electrons. The van der Waals surface area contributed by atoms with Gasteiger partial charge in [0.25, 0.3) is 0 Å². The maximum absolute atomic E-state index is 5.84. The quantitative estimate of drug-likeness (QED) is 0.677. The zero-order chi connectivity index (χ0) is 7.56. The van der Waals surface area contributed by atoms with E-state index in [1.54, 1.807) is 0 Å². The van der Waals surface area contributed by atoms with Crippen LogP contribution < -0.4 is 0 Å². The third-order valence-electron chi connectivity index (χ3n) is 1.35. The van der Waals surface area contributed by atoms with Crippen LogP contribution in [-0.2, 0) is 6.42 Å². The first-order chi connectivity index (χ1) is 4.75. The second kappa shape index (κ2) is 3.40. The van der Waals surface area contributed by atoms with E-state index in [2.05, 4.69) is 28.9 Å². The fourth-order valence-electron chi connectivity index (χ4n) is 0.805. The van der Waals surface area contributed by atoms with Crippen LogP contribution in [-0.4, -0.2) is 0 Å². The fourth-order valence-corrected chi connectivity index (χ4v) is 1.83. The van der Waals surface area contributed by atoms with Crippen LogP contribution in [0.5, 0.6) is 0 Å². The SMILES string of the molecule is CCc1c(Cl)[c]ccc1Br. The Hall–Kier alpha value is -0.0100. The molecule has 10 heavy (non-hydrogen) atoms. The molecule has 53 valence electrons. The highest BCUT2D eigenvalue weighted by molar-refractivity contribution is 9.10.